The summed E-state index contributed by atoms with van der Waals surface area (Å²) in [6.45, 7) is 14.1. The van der Waals surface area contributed by atoms with E-state index >= 15 is 0 Å². The Balaban J connectivity index is 1.68. The van der Waals surface area contributed by atoms with E-state index in [2.05, 4.69) is 0 Å². The van der Waals surface area contributed by atoms with Gasteiger partial charge < -0.3 is 52.3 Å². The van der Waals surface area contributed by atoms with Crippen LogP contribution >= 0.6 is 0 Å². The van der Waals surface area contributed by atoms with Crippen LogP contribution in [0.25, 0.3) is 0 Å². The zero-order valence-electron chi connectivity index (χ0n) is 27.5. The molecule has 0 spiro atoms. The molecule has 0 bridgehead atoms. The van der Waals surface area contributed by atoms with Gasteiger partial charge in [-0.25, -0.2) is 4.79 Å². The van der Waals surface area contributed by atoms with Crippen LogP contribution in [-0.2, 0) is 57.0 Å². The van der Waals surface area contributed by atoms with E-state index in [1.165, 1.54) is 17.1 Å². The van der Waals surface area contributed by atoms with E-state index in [-0.39, 0.29) is 31.1 Å². The van der Waals surface area contributed by atoms with Gasteiger partial charge in [0, 0.05) is 25.7 Å². The van der Waals surface area contributed by atoms with Gasteiger partial charge in [0.2, 0.25) is 0 Å². The van der Waals surface area contributed by atoms with E-state index in [0.29, 0.717) is 119 Å². The van der Waals surface area contributed by atoms with Gasteiger partial charge in [0.25, 0.3) is 11.8 Å². The van der Waals surface area contributed by atoms with E-state index in [4.69, 9.17) is 47.4 Å². The molecule has 0 saturated heterocycles. The number of imide groups is 1. The molecule has 0 atom stereocenters. The van der Waals surface area contributed by atoms with Crippen molar-refractivity contribution in [2.75, 3.05) is 139 Å². The van der Waals surface area contributed by atoms with Gasteiger partial charge in [-0.3, -0.25) is 14.5 Å². The molecule has 262 valence electrons. The third kappa shape index (κ3) is 24.7. The zero-order valence-corrected chi connectivity index (χ0v) is 27.5. The number of hydrogen-bond donors (Lipinski definition) is 0. The molecular formula is C30H54N2O13. The molecule has 0 aromatic heterocycles. The number of likely N-dealkylation sites (N-methyl/N-ethyl adjacent to an activating group) is 1. The second-order valence-corrected chi connectivity index (χ2v) is 10.6. The second kappa shape index (κ2) is 27.0. The normalized spacial score (nSPS) is 13.3. The minimum Gasteiger partial charge on any atom is -0.444 e. The lowest BCUT2D eigenvalue weighted by Crippen LogP contribution is -2.36. The van der Waals surface area contributed by atoms with Crippen LogP contribution in [0.5, 0.6) is 0 Å². The van der Waals surface area contributed by atoms with Gasteiger partial charge in [0.15, 0.2) is 0 Å². The Labute approximate surface area is 267 Å². The first-order valence-corrected chi connectivity index (χ1v) is 15.4. The largest absolute Gasteiger partial charge is 0.444 e. The maximum Gasteiger partial charge on any atom is 0.410 e. The van der Waals surface area contributed by atoms with Crippen molar-refractivity contribution >= 4 is 17.9 Å². The fourth-order valence-corrected chi connectivity index (χ4v) is 3.30. The van der Waals surface area contributed by atoms with Crippen LogP contribution < -0.4 is 0 Å². The van der Waals surface area contributed by atoms with Crippen molar-refractivity contribution in [3.8, 4) is 0 Å². The van der Waals surface area contributed by atoms with Crippen LogP contribution in [0.2, 0.25) is 0 Å². The molecule has 1 rings (SSSR count). The summed E-state index contributed by atoms with van der Waals surface area (Å²) in [4.78, 5) is 37.2. The van der Waals surface area contributed by atoms with Crippen LogP contribution in [-0.4, -0.2) is 172 Å². The number of hydrogen-bond acceptors (Lipinski definition) is 13. The van der Waals surface area contributed by atoms with Gasteiger partial charge in [-0.2, -0.15) is 0 Å². The van der Waals surface area contributed by atoms with Gasteiger partial charge in [0.05, 0.1) is 125 Å². The molecule has 3 amide bonds. The number of nitrogens with zero attached hydrogens (tertiary/aromatic N) is 2. The fraction of sp³-hybridized carbons (Fsp3) is 0.833. The molecule has 0 aliphatic carbocycles. The van der Waals surface area contributed by atoms with Crippen molar-refractivity contribution in [3.63, 3.8) is 0 Å². The lowest BCUT2D eigenvalue weighted by atomic mass is 10.2. The summed E-state index contributed by atoms with van der Waals surface area (Å²) < 4.78 is 54.2. The summed E-state index contributed by atoms with van der Waals surface area (Å²) in [7, 11) is 1.68. The molecule has 1 heterocycles. The van der Waals surface area contributed by atoms with E-state index in [9.17, 15) is 14.4 Å². The van der Waals surface area contributed by atoms with Crippen LogP contribution in [0.15, 0.2) is 12.2 Å². The Morgan fingerprint density at radius 3 is 1.16 bits per heavy atom. The lowest BCUT2D eigenvalue weighted by Gasteiger charge is -2.24. The molecule has 0 aromatic rings. The highest BCUT2D eigenvalue weighted by Crippen LogP contribution is 2.08. The molecule has 0 unspecified atom stereocenters. The predicted octanol–water partition coefficient (Wildman–Crippen LogP) is 0.928. The first kappa shape index (κ1) is 40.8. The van der Waals surface area contributed by atoms with Crippen molar-refractivity contribution < 1.29 is 61.8 Å². The monoisotopic (exact) mass is 650 g/mol. The van der Waals surface area contributed by atoms with Gasteiger partial charge in [-0.1, -0.05) is 0 Å². The van der Waals surface area contributed by atoms with Crippen molar-refractivity contribution in [2.45, 2.75) is 26.4 Å². The third-order valence-electron chi connectivity index (χ3n) is 5.61. The smallest absolute Gasteiger partial charge is 0.410 e. The maximum atomic E-state index is 11.8. The lowest BCUT2D eigenvalue weighted by molar-refractivity contribution is -0.137. The number of ether oxygens (including phenoxy) is 10. The molecule has 0 saturated carbocycles. The van der Waals surface area contributed by atoms with Crippen molar-refractivity contribution in [2.24, 2.45) is 0 Å². The SMILES string of the molecule is CN(CCOCCOCCOCCOCCOCCOCCOCCOCCOCCN1C(=O)C=CC1=O)C(=O)OC(C)(C)C. The van der Waals surface area contributed by atoms with E-state index in [0.717, 1.165) is 4.90 Å². The van der Waals surface area contributed by atoms with Gasteiger partial charge in [-0.15, -0.1) is 0 Å². The van der Waals surface area contributed by atoms with Gasteiger partial charge >= 0.3 is 6.09 Å². The predicted molar refractivity (Wildman–Crippen MR) is 162 cm³/mol. The molecule has 1 aliphatic rings. The Kier molecular flexibility index (Phi) is 24.4. The van der Waals surface area contributed by atoms with E-state index < -0.39 is 5.60 Å². The maximum absolute atomic E-state index is 11.8. The molecule has 0 aromatic carbocycles. The number of carbonyl (C=O) groups excluding carboxylic acids is 3. The van der Waals surface area contributed by atoms with Crippen LogP contribution in [0, 0.1) is 0 Å². The van der Waals surface area contributed by atoms with Crippen LogP contribution in [0.4, 0.5) is 4.79 Å². The highest BCUT2D eigenvalue weighted by atomic mass is 16.6. The Hall–Kier alpha value is -2.21. The third-order valence-corrected chi connectivity index (χ3v) is 5.61. The molecule has 45 heavy (non-hydrogen) atoms. The topological polar surface area (TPSA) is 150 Å². The first-order chi connectivity index (χ1) is 21.7. The van der Waals surface area contributed by atoms with Crippen molar-refractivity contribution in [1.29, 1.82) is 0 Å². The van der Waals surface area contributed by atoms with Crippen molar-refractivity contribution in [3.05, 3.63) is 12.2 Å². The van der Waals surface area contributed by atoms with Crippen LogP contribution in [0.1, 0.15) is 20.8 Å². The quantitative estimate of drug-likeness (QED) is 0.0802. The number of carbonyl (C=O) groups is 3. The summed E-state index contributed by atoms with van der Waals surface area (Å²) in [6, 6.07) is 0. The Bertz CT molecular complexity index is 789. The molecule has 0 fully saturated rings. The summed E-state index contributed by atoms with van der Waals surface area (Å²) in [6.07, 6.45) is 2.13. The number of amides is 3. The van der Waals surface area contributed by atoms with Gasteiger partial charge in [0.1, 0.15) is 5.60 Å². The molecular weight excluding hydrogens is 596 g/mol. The average Bonchev–Trinajstić information content (AvgIpc) is 3.31. The van der Waals surface area contributed by atoms with Crippen molar-refractivity contribution in [1.82, 2.24) is 9.80 Å². The fourth-order valence-electron chi connectivity index (χ4n) is 3.30. The van der Waals surface area contributed by atoms with E-state index in [1.54, 1.807) is 7.05 Å². The highest BCUT2D eigenvalue weighted by Gasteiger charge is 2.22. The molecule has 15 nitrogen and oxygen atoms in total. The van der Waals surface area contributed by atoms with E-state index in [1.807, 2.05) is 20.8 Å². The summed E-state index contributed by atoms with van der Waals surface area (Å²) in [5.41, 5.74) is -0.515. The average molecular weight is 651 g/mol. The summed E-state index contributed by atoms with van der Waals surface area (Å²) in [5, 5.41) is 0. The zero-order chi connectivity index (χ0) is 33.0. The molecule has 0 N–H and O–H groups in total. The summed E-state index contributed by atoms with van der Waals surface area (Å²) >= 11 is 0. The van der Waals surface area contributed by atoms with Gasteiger partial charge in [-0.05, 0) is 20.8 Å². The molecule has 1 aliphatic heterocycles. The first-order valence-electron chi connectivity index (χ1n) is 15.4. The molecule has 15 heteroatoms. The summed E-state index contributed by atoms with van der Waals surface area (Å²) in [5.74, 6) is -0.619. The Morgan fingerprint density at radius 2 is 0.844 bits per heavy atom. The second-order valence-electron chi connectivity index (χ2n) is 10.6. The highest BCUT2D eigenvalue weighted by molar-refractivity contribution is 6.12. The minimum absolute atomic E-state index is 0.236. The standard InChI is InChI=1S/C30H54N2O13/c1-30(2,3)45-29(35)31(4)7-9-36-11-13-38-15-17-40-19-21-42-23-25-44-26-24-43-22-20-41-18-16-39-14-12-37-10-8-32-27(33)5-6-28(32)34/h5-6H,7-26H2,1-4H3. The minimum atomic E-state index is -0.515. The number of rotatable bonds is 30. The Morgan fingerprint density at radius 1 is 0.556 bits per heavy atom. The van der Waals surface area contributed by atoms with Crippen LogP contribution in [0.3, 0.4) is 0 Å². The molecule has 0 radical (unpaired) electrons.